The molecule has 0 aliphatic heterocycles. The van der Waals surface area contributed by atoms with Crippen molar-refractivity contribution in [1.82, 2.24) is 9.78 Å². The first-order valence-corrected chi connectivity index (χ1v) is 10.7. The van der Waals surface area contributed by atoms with E-state index >= 15 is 0 Å². The highest BCUT2D eigenvalue weighted by Crippen LogP contribution is 2.33. The molecule has 4 rings (SSSR count). The Bertz CT molecular complexity index is 1330. The quantitative estimate of drug-likeness (QED) is 0.463. The summed E-state index contributed by atoms with van der Waals surface area (Å²) in [4.78, 5) is 26.5. The molecule has 8 heteroatoms. The Morgan fingerprint density at radius 1 is 1.30 bits per heavy atom. The number of aromatic nitrogens is 2. The van der Waals surface area contributed by atoms with Crippen molar-refractivity contribution in [2.75, 3.05) is 12.4 Å². The van der Waals surface area contributed by atoms with E-state index in [1.165, 1.54) is 11.8 Å². The monoisotopic (exact) mass is 441 g/mol. The molecule has 30 heavy (non-hydrogen) atoms. The van der Waals surface area contributed by atoms with E-state index in [9.17, 15) is 9.59 Å². The molecule has 0 bridgehead atoms. The summed E-state index contributed by atoms with van der Waals surface area (Å²) in [6.07, 6.45) is 0.397. The maximum Gasteiger partial charge on any atom is 0.276 e. The molecule has 0 spiro atoms. The van der Waals surface area contributed by atoms with Gasteiger partial charge in [-0.2, -0.15) is 5.10 Å². The predicted octanol–water partition coefficient (Wildman–Crippen LogP) is 5.17. The molecule has 1 atom stereocenters. The average molecular weight is 442 g/mol. The number of carbonyl (C=O) groups excluding carboxylic acids is 1. The highest BCUT2D eigenvalue weighted by Gasteiger charge is 2.25. The van der Waals surface area contributed by atoms with Gasteiger partial charge in [-0.15, -0.1) is 11.3 Å². The van der Waals surface area contributed by atoms with Crippen LogP contribution in [0.15, 0.2) is 47.3 Å². The summed E-state index contributed by atoms with van der Waals surface area (Å²) in [6, 6.07) is 12.0. The van der Waals surface area contributed by atoms with E-state index < -0.39 is 6.04 Å². The second-order valence-corrected chi connectivity index (χ2v) is 8.38. The molecule has 1 N–H and O–H groups in total. The van der Waals surface area contributed by atoms with Gasteiger partial charge >= 0.3 is 0 Å². The lowest BCUT2D eigenvalue weighted by atomic mass is 10.1. The van der Waals surface area contributed by atoms with Crippen LogP contribution in [-0.2, 0) is 4.79 Å². The number of thiophene rings is 1. The van der Waals surface area contributed by atoms with E-state index in [0.717, 1.165) is 20.5 Å². The Kier molecular flexibility index (Phi) is 5.49. The fourth-order valence-electron chi connectivity index (χ4n) is 3.55. The Morgan fingerprint density at radius 3 is 2.80 bits per heavy atom. The maximum atomic E-state index is 13.4. The van der Waals surface area contributed by atoms with Crippen molar-refractivity contribution in [2.24, 2.45) is 0 Å². The number of carbonyl (C=O) groups is 1. The standard InChI is InChI=1S/C22H20ClN3O3S/c1-4-16(21(27)24-15-11-13(23)9-10-17(15)29-3)26-22(28)19-14-7-5-6-8-18(14)30-20(19)12(2)25-26/h5-11,16H,4H2,1-3H3,(H,24,27)/t16-/m0/s1. The topological polar surface area (TPSA) is 73.2 Å². The minimum atomic E-state index is -0.775. The molecule has 1 amide bonds. The summed E-state index contributed by atoms with van der Waals surface area (Å²) in [6.45, 7) is 3.71. The largest absolute Gasteiger partial charge is 0.495 e. The van der Waals surface area contributed by atoms with Gasteiger partial charge in [-0.3, -0.25) is 9.59 Å². The number of anilines is 1. The minimum absolute atomic E-state index is 0.270. The first kappa shape index (κ1) is 20.4. The summed E-state index contributed by atoms with van der Waals surface area (Å²) >= 11 is 7.61. The Morgan fingerprint density at radius 2 is 2.07 bits per heavy atom. The van der Waals surface area contributed by atoms with Crippen LogP contribution in [0.2, 0.25) is 5.02 Å². The third-order valence-corrected chi connectivity index (χ3v) is 6.52. The molecule has 0 saturated carbocycles. The number of benzene rings is 2. The number of hydrogen-bond donors (Lipinski definition) is 1. The SMILES string of the molecule is CC[C@@H](C(=O)Nc1cc(Cl)ccc1OC)n1nc(C)c2sc3ccccc3c2c1=O. The first-order valence-electron chi connectivity index (χ1n) is 9.49. The molecule has 0 aliphatic carbocycles. The van der Waals surface area contributed by atoms with Crippen LogP contribution in [0.3, 0.4) is 0 Å². The van der Waals surface area contributed by atoms with Gasteiger partial charge < -0.3 is 10.1 Å². The van der Waals surface area contributed by atoms with Gasteiger partial charge in [-0.1, -0.05) is 36.7 Å². The third-order valence-electron chi connectivity index (χ3n) is 5.01. The zero-order valence-electron chi connectivity index (χ0n) is 16.7. The summed E-state index contributed by atoms with van der Waals surface area (Å²) < 4.78 is 8.47. The number of amides is 1. The number of aryl methyl sites for hydroxylation is 1. The Balaban J connectivity index is 1.81. The number of fused-ring (bicyclic) bond motifs is 3. The second-order valence-electron chi connectivity index (χ2n) is 6.90. The van der Waals surface area contributed by atoms with Crippen LogP contribution in [0.4, 0.5) is 5.69 Å². The fourth-order valence-corrected chi connectivity index (χ4v) is 4.86. The van der Waals surface area contributed by atoms with Crippen LogP contribution < -0.4 is 15.6 Å². The van der Waals surface area contributed by atoms with E-state index in [2.05, 4.69) is 10.4 Å². The smallest absolute Gasteiger partial charge is 0.276 e. The normalized spacial score (nSPS) is 12.3. The van der Waals surface area contributed by atoms with Gasteiger partial charge in [-0.05, 0) is 37.6 Å². The lowest BCUT2D eigenvalue weighted by molar-refractivity contribution is -0.119. The number of rotatable bonds is 5. The molecule has 0 unspecified atom stereocenters. The number of hydrogen-bond acceptors (Lipinski definition) is 5. The van der Waals surface area contributed by atoms with E-state index in [-0.39, 0.29) is 11.5 Å². The van der Waals surface area contributed by atoms with E-state index in [0.29, 0.717) is 28.3 Å². The van der Waals surface area contributed by atoms with E-state index in [4.69, 9.17) is 16.3 Å². The lowest BCUT2D eigenvalue weighted by Gasteiger charge is -2.18. The summed E-state index contributed by atoms with van der Waals surface area (Å²) in [5.41, 5.74) is 0.894. The molecule has 2 heterocycles. The zero-order valence-corrected chi connectivity index (χ0v) is 18.3. The number of halogens is 1. The minimum Gasteiger partial charge on any atom is -0.495 e. The molecular formula is C22H20ClN3O3S. The predicted molar refractivity (Wildman–Crippen MR) is 122 cm³/mol. The zero-order chi connectivity index (χ0) is 21.4. The van der Waals surface area contributed by atoms with Gasteiger partial charge in [0.05, 0.1) is 28.6 Å². The van der Waals surface area contributed by atoms with E-state index in [1.54, 1.807) is 29.5 Å². The fraction of sp³-hybridized carbons (Fsp3) is 0.227. The van der Waals surface area contributed by atoms with Crippen LogP contribution in [0.5, 0.6) is 5.75 Å². The molecule has 0 aliphatic rings. The van der Waals surface area contributed by atoms with Gasteiger partial charge in [0, 0.05) is 15.1 Å². The highest BCUT2D eigenvalue weighted by atomic mass is 35.5. The van der Waals surface area contributed by atoms with Crippen molar-refractivity contribution in [1.29, 1.82) is 0 Å². The summed E-state index contributed by atoms with van der Waals surface area (Å²) in [5, 5.41) is 9.28. The van der Waals surface area contributed by atoms with Gasteiger partial charge in [0.2, 0.25) is 5.91 Å². The van der Waals surface area contributed by atoms with Crippen molar-refractivity contribution >= 4 is 54.7 Å². The first-order chi connectivity index (χ1) is 14.4. The number of nitrogens with one attached hydrogen (secondary N) is 1. The number of nitrogens with zero attached hydrogens (tertiary/aromatic N) is 2. The van der Waals surface area contributed by atoms with Crippen molar-refractivity contribution in [2.45, 2.75) is 26.3 Å². The molecule has 2 aromatic carbocycles. The summed E-state index contributed by atoms with van der Waals surface area (Å²) in [7, 11) is 1.52. The lowest BCUT2D eigenvalue weighted by Crippen LogP contribution is -2.35. The van der Waals surface area contributed by atoms with Crippen molar-refractivity contribution < 1.29 is 9.53 Å². The highest BCUT2D eigenvalue weighted by molar-refractivity contribution is 7.26. The molecule has 0 radical (unpaired) electrons. The van der Waals surface area contributed by atoms with Crippen molar-refractivity contribution in [3.05, 3.63) is 63.5 Å². The van der Waals surface area contributed by atoms with Crippen LogP contribution in [0.25, 0.3) is 20.2 Å². The molecule has 0 fully saturated rings. The van der Waals surface area contributed by atoms with Gasteiger partial charge in [0.25, 0.3) is 5.56 Å². The molecule has 2 aromatic heterocycles. The van der Waals surface area contributed by atoms with Gasteiger partial charge in [-0.25, -0.2) is 4.68 Å². The van der Waals surface area contributed by atoms with Gasteiger partial charge in [0.15, 0.2) is 0 Å². The molecule has 0 saturated heterocycles. The Labute approximate surface area is 182 Å². The maximum absolute atomic E-state index is 13.4. The van der Waals surface area contributed by atoms with E-state index in [1.807, 2.05) is 38.1 Å². The van der Waals surface area contributed by atoms with Crippen molar-refractivity contribution in [3.8, 4) is 5.75 Å². The Hall–Kier alpha value is -2.90. The average Bonchev–Trinajstić information content (AvgIpc) is 3.13. The molecule has 6 nitrogen and oxygen atoms in total. The van der Waals surface area contributed by atoms with Crippen LogP contribution in [0.1, 0.15) is 25.1 Å². The summed E-state index contributed by atoms with van der Waals surface area (Å²) in [5.74, 6) is 0.129. The number of methoxy groups -OCH3 is 1. The van der Waals surface area contributed by atoms with Crippen LogP contribution in [-0.4, -0.2) is 22.8 Å². The van der Waals surface area contributed by atoms with Crippen LogP contribution in [0, 0.1) is 6.92 Å². The second kappa shape index (κ2) is 8.08. The van der Waals surface area contributed by atoms with Crippen LogP contribution >= 0.6 is 22.9 Å². The molecule has 4 aromatic rings. The van der Waals surface area contributed by atoms with Gasteiger partial charge in [0.1, 0.15) is 11.8 Å². The van der Waals surface area contributed by atoms with Crippen molar-refractivity contribution in [3.63, 3.8) is 0 Å². The number of ether oxygens (including phenoxy) is 1. The molecule has 154 valence electrons. The molecular weight excluding hydrogens is 422 g/mol. The third kappa shape index (κ3) is 3.44.